The molecule has 0 aromatic heterocycles. The van der Waals surface area contributed by atoms with Gasteiger partial charge in [-0.2, -0.15) is 0 Å². The van der Waals surface area contributed by atoms with Crippen LogP contribution in [0.2, 0.25) is 0 Å². The number of para-hydroxylation sites is 2. The zero-order chi connectivity index (χ0) is 18.9. The maximum Gasteiger partial charge on any atom is 0.122 e. The maximum atomic E-state index is 6.15. The average molecular weight is 404 g/mol. The Kier molecular flexibility index (Phi) is 9.66. The molecule has 1 saturated heterocycles. The summed E-state index contributed by atoms with van der Waals surface area (Å²) in [6, 6.07) is 17.5. The van der Waals surface area contributed by atoms with Gasteiger partial charge in [0.25, 0.3) is 0 Å². The highest BCUT2D eigenvalue weighted by molar-refractivity contribution is 5.85. The number of likely N-dealkylation sites (tertiary alicyclic amines) is 1. The van der Waals surface area contributed by atoms with E-state index >= 15 is 0 Å². The molecule has 0 aliphatic carbocycles. The predicted octanol–water partition coefficient (Wildman–Crippen LogP) is 5.55. The van der Waals surface area contributed by atoms with Gasteiger partial charge in [0, 0.05) is 6.04 Å². The van der Waals surface area contributed by atoms with Gasteiger partial charge in [0.05, 0.1) is 13.7 Å². The van der Waals surface area contributed by atoms with Crippen LogP contribution in [0, 0.1) is 0 Å². The number of benzene rings is 2. The second-order valence-corrected chi connectivity index (χ2v) is 7.54. The molecule has 0 spiro atoms. The standard InChI is InChI=1S/C24H33NO2.ClH/c1-25-18-9-14-22(25)17-19-27-24-16-8-6-13-21(24)12-4-3-10-20-11-5-7-15-23(20)26-2;/h5-8,11,13,15-16,22H,3-4,9-10,12,14,17-19H2,1-2H3;1H. The van der Waals surface area contributed by atoms with E-state index in [4.69, 9.17) is 9.47 Å². The normalized spacial score (nSPS) is 16.6. The molecule has 2 aromatic carbocycles. The molecule has 0 N–H and O–H groups in total. The zero-order valence-corrected chi connectivity index (χ0v) is 18.0. The van der Waals surface area contributed by atoms with Crippen molar-refractivity contribution in [1.29, 1.82) is 0 Å². The molecule has 4 heteroatoms. The summed E-state index contributed by atoms with van der Waals surface area (Å²) in [5.74, 6) is 2.06. The summed E-state index contributed by atoms with van der Waals surface area (Å²) in [6.07, 6.45) is 8.19. The van der Waals surface area contributed by atoms with Crippen molar-refractivity contribution in [3.8, 4) is 11.5 Å². The van der Waals surface area contributed by atoms with Gasteiger partial charge in [-0.25, -0.2) is 0 Å². The van der Waals surface area contributed by atoms with E-state index in [1.807, 2.05) is 12.1 Å². The van der Waals surface area contributed by atoms with E-state index in [0.717, 1.165) is 50.2 Å². The first kappa shape index (κ1) is 22.6. The number of hydrogen-bond donors (Lipinski definition) is 0. The van der Waals surface area contributed by atoms with Crippen LogP contribution in [0.25, 0.3) is 0 Å². The molecule has 1 aliphatic heterocycles. The molecule has 0 amide bonds. The van der Waals surface area contributed by atoms with E-state index in [1.54, 1.807) is 7.11 Å². The van der Waals surface area contributed by atoms with Crippen LogP contribution in [0.5, 0.6) is 11.5 Å². The van der Waals surface area contributed by atoms with Crippen LogP contribution in [0.1, 0.15) is 43.2 Å². The third-order valence-corrected chi connectivity index (χ3v) is 5.69. The summed E-state index contributed by atoms with van der Waals surface area (Å²) < 4.78 is 11.6. The molecule has 0 radical (unpaired) electrons. The van der Waals surface area contributed by atoms with Gasteiger partial charge in [-0.15, -0.1) is 12.4 Å². The Balaban J connectivity index is 0.00000280. The van der Waals surface area contributed by atoms with Crippen LogP contribution >= 0.6 is 12.4 Å². The Morgan fingerprint density at radius 3 is 2.14 bits per heavy atom. The number of hydrogen-bond acceptors (Lipinski definition) is 3. The molecule has 28 heavy (non-hydrogen) atoms. The minimum atomic E-state index is 0. The Morgan fingerprint density at radius 2 is 1.54 bits per heavy atom. The molecular formula is C24H34ClNO2. The molecule has 3 rings (SSSR count). The lowest BCUT2D eigenvalue weighted by Crippen LogP contribution is -2.26. The van der Waals surface area contributed by atoms with E-state index in [2.05, 4.69) is 48.3 Å². The Hall–Kier alpha value is -1.71. The Bertz CT molecular complexity index is 707. The molecule has 1 unspecified atom stereocenters. The highest BCUT2D eigenvalue weighted by atomic mass is 35.5. The number of aryl methyl sites for hydroxylation is 2. The van der Waals surface area contributed by atoms with Crippen LogP contribution in [0.15, 0.2) is 48.5 Å². The SMILES string of the molecule is COc1ccccc1CCCCc1ccccc1OCCC1CCCN1C.Cl. The smallest absolute Gasteiger partial charge is 0.122 e. The van der Waals surface area contributed by atoms with E-state index in [-0.39, 0.29) is 12.4 Å². The third kappa shape index (κ3) is 6.42. The number of rotatable bonds is 10. The van der Waals surface area contributed by atoms with Gasteiger partial charge < -0.3 is 14.4 Å². The fourth-order valence-electron chi connectivity index (χ4n) is 4.04. The second-order valence-electron chi connectivity index (χ2n) is 7.54. The first-order chi connectivity index (χ1) is 13.3. The molecule has 2 aromatic rings. The largest absolute Gasteiger partial charge is 0.496 e. The van der Waals surface area contributed by atoms with Gasteiger partial charge >= 0.3 is 0 Å². The maximum absolute atomic E-state index is 6.15. The van der Waals surface area contributed by atoms with Crippen molar-refractivity contribution in [2.75, 3.05) is 27.3 Å². The minimum Gasteiger partial charge on any atom is -0.496 e. The fourth-order valence-corrected chi connectivity index (χ4v) is 4.04. The van der Waals surface area contributed by atoms with Crippen molar-refractivity contribution in [2.45, 2.75) is 51.0 Å². The minimum absolute atomic E-state index is 0. The second kappa shape index (κ2) is 12.0. The monoisotopic (exact) mass is 403 g/mol. The molecule has 0 saturated carbocycles. The summed E-state index contributed by atoms with van der Waals surface area (Å²) in [4.78, 5) is 2.47. The van der Waals surface area contributed by atoms with Gasteiger partial charge in [0.2, 0.25) is 0 Å². The Labute approximate surface area is 176 Å². The Morgan fingerprint density at radius 1 is 0.929 bits per heavy atom. The predicted molar refractivity (Wildman–Crippen MR) is 119 cm³/mol. The summed E-state index contributed by atoms with van der Waals surface area (Å²) in [7, 11) is 3.98. The highest BCUT2D eigenvalue weighted by Gasteiger charge is 2.20. The summed E-state index contributed by atoms with van der Waals surface area (Å²) in [6.45, 7) is 2.04. The lowest BCUT2D eigenvalue weighted by Gasteiger charge is -2.20. The van der Waals surface area contributed by atoms with Crippen molar-refractivity contribution >= 4 is 12.4 Å². The van der Waals surface area contributed by atoms with E-state index in [0.29, 0.717) is 6.04 Å². The molecule has 1 atom stereocenters. The van der Waals surface area contributed by atoms with Gasteiger partial charge in [-0.05, 0) is 81.8 Å². The summed E-state index contributed by atoms with van der Waals surface area (Å²) in [5, 5.41) is 0. The van der Waals surface area contributed by atoms with E-state index < -0.39 is 0 Å². The number of methoxy groups -OCH3 is 1. The average Bonchev–Trinajstić information content (AvgIpc) is 3.11. The zero-order valence-electron chi connectivity index (χ0n) is 17.2. The quantitative estimate of drug-likeness (QED) is 0.486. The summed E-state index contributed by atoms with van der Waals surface area (Å²) in [5.41, 5.74) is 2.63. The molecule has 154 valence electrons. The van der Waals surface area contributed by atoms with Crippen molar-refractivity contribution in [1.82, 2.24) is 4.90 Å². The third-order valence-electron chi connectivity index (χ3n) is 5.69. The summed E-state index contributed by atoms with van der Waals surface area (Å²) >= 11 is 0. The number of ether oxygens (including phenoxy) is 2. The fraction of sp³-hybridized carbons (Fsp3) is 0.500. The van der Waals surface area contributed by atoms with Gasteiger partial charge in [-0.3, -0.25) is 0 Å². The first-order valence-electron chi connectivity index (χ1n) is 10.3. The topological polar surface area (TPSA) is 21.7 Å². The van der Waals surface area contributed by atoms with Gasteiger partial charge in [0.15, 0.2) is 0 Å². The van der Waals surface area contributed by atoms with Crippen LogP contribution in [0.3, 0.4) is 0 Å². The highest BCUT2D eigenvalue weighted by Crippen LogP contribution is 2.24. The molecule has 1 aliphatic rings. The van der Waals surface area contributed by atoms with Gasteiger partial charge in [0.1, 0.15) is 11.5 Å². The van der Waals surface area contributed by atoms with E-state index in [1.165, 1.54) is 30.5 Å². The molecule has 1 fully saturated rings. The van der Waals surface area contributed by atoms with Crippen LogP contribution in [0.4, 0.5) is 0 Å². The first-order valence-corrected chi connectivity index (χ1v) is 10.3. The van der Waals surface area contributed by atoms with Crippen LogP contribution in [-0.4, -0.2) is 38.3 Å². The molecular weight excluding hydrogens is 370 g/mol. The van der Waals surface area contributed by atoms with Gasteiger partial charge in [-0.1, -0.05) is 36.4 Å². The van der Waals surface area contributed by atoms with Crippen molar-refractivity contribution in [2.24, 2.45) is 0 Å². The number of halogens is 1. The molecule has 1 heterocycles. The van der Waals surface area contributed by atoms with E-state index in [9.17, 15) is 0 Å². The number of nitrogens with zero attached hydrogens (tertiary/aromatic N) is 1. The van der Waals surface area contributed by atoms with Crippen LogP contribution < -0.4 is 9.47 Å². The van der Waals surface area contributed by atoms with Crippen molar-refractivity contribution in [3.05, 3.63) is 59.7 Å². The molecule has 0 bridgehead atoms. The molecule has 3 nitrogen and oxygen atoms in total. The van der Waals surface area contributed by atoms with Crippen LogP contribution in [-0.2, 0) is 12.8 Å². The lowest BCUT2D eigenvalue weighted by molar-refractivity contribution is 0.232. The van der Waals surface area contributed by atoms with Crippen molar-refractivity contribution < 1.29 is 9.47 Å². The van der Waals surface area contributed by atoms with Crippen molar-refractivity contribution in [3.63, 3.8) is 0 Å². The lowest BCUT2D eigenvalue weighted by atomic mass is 10.0. The number of unbranched alkanes of at least 4 members (excludes halogenated alkanes) is 1.